The van der Waals surface area contributed by atoms with E-state index in [2.05, 4.69) is 15.5 Å². The molecule has 0 radical (unpaired) electrons. The quantitative estimate of drug-likeness (QED) is 0.746. The number of hydrogen-bond donors (Lipinski definition) is 1. The van der Waals surface area contributed by atoms with Gasteiger partial charge in [-0.25, -0.2) is 0 Å². The number of hydrogen-bond acceptors (Lipinski definition) is 5. The van der Waals surface area contributed by atoms with E-state index in [1.54, 1.807) is 13.8 Å². The Morgan fingerprint density at radius 2 is 1.88 bits per heavy atom. The average Bonchev–Trinajstić information content (AvgIpc) is 3.02. The van der Waals surface area contributed by atoms with E-state index in [-0.39, 0.29) is 5.91 Å². The van der Waals surface area contributed by atoms with Gasteiger partial charge in [-0.15, -0.1) is 0 Å². The van der Waals surface area contributed by atoms with Crippen LogP contribution >= 0.6 is 0 Å². The fourth-order valence-electron chi connectivity index (χ4n) is 2.36. The van der Waals surface area contributed by atoms with Crippen molar-refractivity contribution in [1.82, 2.24) is 10.1 Å². The highest BCUT2D eigenvalue weighted by molar-refractivity contribution is 5.94. The summed E-state index contributed by atoms with van der Waals surface area (Å²) in [4.78, 5) is 16.6. The average molecular weight is 337 g/mol. The Balaban J connectivity index is 1.68. The molecule has 0 spiro atoms. The molecule has 1 aromatic heterocycles. The minimum Gasteiger partial charge on any atom is -0.481 e. The molecule has 0 aliphatic rings. The number of nitrogens with one attached hydrogen (secondary N) is 1. The molecule has 6 nitrogen and oxygen atoms in total. The molecule has 0 aliphatic heterocycles. The minimum absolute atomic E-state index is 0.224. The zero-order chi connectivity index (χ0) is 17.6. The molecule has 128 valence electrons. The lowest BCUT2D eigenvalue weighted by Gasteiger charge is -2.16. The first-order valence-corrected chi connectivity index (χ1v) is 8.01. The number of benzene rings is 2. The second-order valence-electron chi connectivity index (χ2n) is 5.63. The molecule has 2 aromatic carbocycles. The third-order valence-corrected chi connectivity index (χ3v) is 3.61. The molecule has 1 heterocycles. The molecule has 3 rings (SSSR count). The number of aryl methyl sites for hydroxylation is 1. The van der Waals surface area contributed by atoms with Crippen molar-refractivity contribution in [2.75, 3.05) is 5.32 Å². The predicted octanol–water partition coefficient (Wildman–Crippen LogP) is 3.37. The van der Waals surface area contributed by atoms with Crippen molar-refractivity contribution in [3.05, 3.63) is 71.9 Å². The summed E-state index contributed by atoms with van der Waals surface area (Å²) >= 11 is 0. The van der Waals surface area contributed by atoms with Crippen LogP contribution in [0.2, 0.25) is 0 Å². The van der Waals surface area contributed by atoms with Gasteiger partial charge in [0.05, 0.1) is 6.42 Å². The molecule has 3 aromatic rings. The molecule has 1 N–H and O–H groups in total. The number of anilines is 1. The van der Waals surface area contributed by atoms with Crippen LogP contribution < -0.4 is 10.1 Å². The van der Waals surface area contributed by atoms with E-state index in [1.807, 2.05) is 54.6 Å². The van der Waals surface area contributed by atoms with Crippen molar-refractivity contribution in [2.45, 2.75) is 26.4 Å². The molecule has 0 aliphatic carbocycles. The van der Waals surface area contributed by atoms with Gasteiger partial charge in [-0.1, -0.05) is 41.6 Å². The number of carbonyl (C=O) groups excluding carboxylic acids is 1. The van der Waals surface area contributed by atoms with Crippen LogP contribution in [0.25, 0.3) is 0 Å². The molecule has 1 unspecified atom stereocenters. The van der Waals surface area contributed by atoms with Crippen molar-refractivity contribution in [3.8, 4) is 5.75 Å². The minimum atomic E-state index is -0.624. The smallest absolute Gasteiger partial charge is 0.265 e. The number of rotatable bonds is 6. The van der Waals surface area contributed by atoms with Gasteiger partial charge in [0.1, 0.15) is 5.75 Å². The van der Waals surface area contributed by atoms with E-state index in [9.17, 15) is 4.79 Å². The van der Waals surface area contributed by atoms with Gasteiger partial charge >= 0.3 is 0 Å². The maximum atomic E-state index is 12.4. The SMILES string of the molecule is Cc1noc(Cc2ccccc2NC(=O)C(C)Oc2ccccc2)n1. The van der Waals surface area contributed by atoms with Gasteiger partial charge in [0.15, 0.2) is 11.9 Å². The maximum Gasteiger partial charge on any atom is 0.265 e. The van der Waals surface area contributed by atoms with Gasteiger partial charge in [-0.05, 0) is 37.6 Å². The zero-order valence-electron chi connectivity index (χ0n) is 14.1. The van der Waals surface area contributed by atoms with Crippen molar-refractivity contribution in [1.29, 1.82) is 0 Å². The standard InChI is InChI=1S/C19H19N3O3/c1-13(24-16-9-4-3-5-10-16)19(23)21-17-11-7-6-8-15(17)12-18-20-14(2)22-25-18/h3-11,13H,12H2,1-2H3,(H,21,23). The fourth-order valence-corrected chi connectivity index (χ4v) is 2.36. The van der Waals surface area contributed by atoms with Gasteiger partial charge in [-0.3, -0.25) is 4.79 Å². The lowest BCUT2D eigenvalue weighted by atomic mass is 10.1. The summed E-state index contributed by atoms with van der Waals surface area (Å²) in [5.74, 6) is 1.52. The Morgan fingerprint density at radius 3 is 2.60 bits per heavy atom. The highest BCUT2D eigenvalue weighted by Gasteiger charge is 2.17. The summed E-state index contributed by atoms with van der Waals surface area (Å²) in [5.41, 5.74) is 1.60. The van der Waals surface area contributed by atoms with Crippen LogP contribution in [0, 0.1) is 6.92 Å². The van der Waals surface area contributed by atoms with Gasteiger partial charge in [0, 0.05) is 5.69 Å². The number of aromatic nitrogens is 2. The largest absolute Gasteiger partial charge is 0.481 e. The van der Waals surface area contributed by atoms with Gasteiger partial charge in [0.25, 0.3) is 5.91 Å². The van der Waals surface area contributed by atoms with E-state index in [0.29, 0.717) is 29.6 Å². The summed E-state index contributed by atoms with van der Waals surface area (Å²) in [6.45, 7) is 3.48. The number of amides is 1. The lowest BCUT2D eigenvalue weighted by molar-refractivity contribution is -0.122. The van der Waals surface area contributed by atoms with Crippen molar-refractivity contribution in [2.24, 2.45) is 0 Å². The Labute approximate surface area is 145 Å². The zero-order valence-corrected chi connectivity index (χ0v) is 14.1. The summed E-state index contributed by atoms with van der Waals surface area (Å²) in [7, 11) is 0. The van der Waals surface area contributed by atoms with Crippen LogP contribution in [0.4, 0.5) is 5.69 Å². The van der Waals surface area contributed by atoms with E-state index >= 15 is 0 Å². The summed E-state index contributed by atoms with van der Waals surface area (Å²) in [6.07, 6.45) is -0.174. The van der Waals surface area contributed by atoms with E-state index in [0.717, 1.165) is 5.56 Å². The number of nitrogens with zero attached hydrogens (tertiary/aromatic N) is 2. The molecule has 1 atom stereocenters. The fraction of sp³-hybridized carbons (Fsp3) is 0.211. The number of carbonyl (C=O) groups is 1. The lowest BCUT2D eigenvalue weighted by Crippen LogP contribution is -2.30. The monoisotopic (exact) mass is 337 g/mol. The summed E-state index contributed by atoms with van der Waals surface area (Å²) < 4.78 is 10.8. The third kappa shape index (κ3) is 4.44. The number of para-hydroxylation sites is 2. The Kier molecular flexibility index (Phi) is 5.09. The Hall–Kier alpha value is -3.15. The van der Waals surface area contributed by atoms with Crippen LogP contribution in [0.5, 0.6) is 5.75 Å². The molecular weight excluding hydrogens is 318 g/mol. The maximum absolute atomic E-state index is 12.4. The molecule has 6 heteroatoms. The topological polar surface area (TPSA) is 77.2 Å². The summed E-state index contributed by atoms with van der Waals surface area (Å²) in [5, 5.41) is 6.69. The first kappa shape index (κ1) is 16.7. The normalized spacial score (nSPS) is 11.8. The van der Waals surface area contributed by atoms with Crippen LogP contribution in [-0.4, -0.2) is 22.2 Å². The van der Waals surface area contributed by atoms with Crippen molar-refractivity contribution >= 4 is 11.6 Å². The molecule has 1 amide bonds. The van der Waals surface area contributed by atoms with E-state index < -0.39 is 6.10 Å². The van der Waals surface area contributed by atoms with Crippen LogP contribution in [0.1, 0.15) is 24.2 Å². The van der Waals surface area contributed by atoms with Crippen LogP contribution in [-0.2, 0) is 11.2 Å². The first-order valence-electron chi connectivity index (χ1n) is 8.01. The van der Waals surface area contributed by atoms with E-state index in [1.165, 1.54) is 0 Å². The summed E-state index contributed by atoms with van der Waals surface area (Å²) in [6, 6.07) is 16.8. The Bertz CT molecular complexity index is 846. The molecule has 25 heavy (non-hydrogen) atoms. The molecular formula is C19H19N3O3. The van der Waals surface area contributed by atoms with Crippen molar-refractivity contribution < 1.29 is 14.1 Å². The third-order valence-electron chi connectivity index (χ3n) is 3.61. The number of ether oxygens (including phenoxy) is 1. The second-order valence-corrected chi connectivity index (χ2v) is 5.63. The highest BCUT2D eigenvalue weighted by Crippen LogP contribution is 2.19. The Morgan fingerprint density at radius 1 is 1.16 bits per heavy atom. The molecule has 0 saturated carbocycles. The molecule has 0 bridgehead atoms. The molecule has 0 fully saturated rings. The van der Waals surface area contributed by atoms with Gasteiger partial charge in [0.2, 0.25) is 5.89 Å². The van der Waals surface area contributed by atoms with E-state index in [4.69, 9.17) is 9.26 Å². The first-order chi connectivity index (χ1) is 12.1. The van der Waals surface area contributed by atoms with Crippen molar-refractivity contribution in [3.63, 3.8) is 0 Å². The molecule has 0 saturated heterocycles. The van der Waals surface area contributed by atoms with Crippen LogP contribution in [0.15, 0.2) is 59.1 Å². The highest BCUT2D eigenvalue weighted by atomic mass is 16.5. The van der Waals surface area contributed by atoms with Gasteiger partial charge in [-0.2, -0.15) is 4.98 Å². The second kappa shape index (κ2) is 7.61. The van der Waals surface area contributed by atoms with Crippen LogP contribution in [0.3, 0.4) is 0 Å². The predicted molar refractivity (Wildman–Crippen MR) is 93.4 cm³/mol. The van der Waals surface area contributed by atoms with Gasteiger partial charge < -0.3 is 14.6 Å².